The zero-order chi connectivity index (χ0) is 21.4. The van der Waals surface area contributed by atoms with Crippen molar-refractivity contribution in [1.82, 2.24) is 10.2 Å². The van der Waals surface area contributed by atoms with Gasteiger partial charge in [0.05, 0.1) is 21.0 Å². The number of halogens is 3. The molecule has 2 aromatic carbocycles. The first-order chi connectivity index (χ1) is 14.4. The molecule has 0 unspecified atom stereocenters. The summed E-state index contributed by atoms with van der Waals surface area (Å²) >= 11 is 18.5. The van der Waals surface area contributed by atoms with E-state index in [2.05, 4.69) is 16.3 Å². The fraction of sp³-hybridized carbons (Fsp3) is 0.143. The molecule has 0 bridgehead atoms. The molecule has 0 saturated carbocycles. The van der Waals surface area contributed by atoms with Crippen LogP contribution in [0.4, 0.5) is 0 Å². The molecule has 1 aromatic heterocycles. The number of hydrogen-bond donors (Lipinski definition) is 2. The van der Waals surface area contributed by atoms with Crippen LogP contribution >= 0.6 is 34.8 Å². The van der Waals surface area contributed by atoms with Crippen molar-refractivity contribution < 1.29 is 9.47 Å². The Kier molecular flexibility index (Phi) is 5.52. The summed E-state index contributed by atoms with van der Waals surface area (Å²) in [5.41, 5.74) is 9.41. The summed E-state index contributed by atoms with van der Waals surface area (Å²) in [6.45, 7) is 2.13. The lowest BCUT2D eigenvalue weighted by Crippen LogP contribution is -2.21. The third-order valence-electron chi connectivity index (χ3n) is 4.80. The van der Waals surface area contributed by atoms with Crippen LogP contribution in [0.15, 0.2) is 47.9 Å². The SMILES string of the molecule is Cc1[nH]nc2c1[C@@H](c1ccc(OCc3ccc(Cl)c(Cl)c3)c(Cl)c1)C(C#N)=C(N)O2. The van der Waals surface area contributed by atoms with Gasteiger partial charge in [-0.25, -0.2) is 0 Å². The summed E-state index contributed by atoms with van der Waals surface area (Å²) in [6, 6.07) is 12.8. The highest BCUT2D eigenvalue weighted by molar-refractivity contribution is 6.42. The Labute approximate surface area is 187 Å². The molecule has 0 amide bonds. The van der Waals surface area contributed by atoms with E-state index in [1.807, 2.05) is 19.1 Å². The van der Waals surface area contributed by atoms with Gasteiger partial charge in [0.15, 0.2) is 0 Å². The van der Waals surface area contributed by atoms with Gasteiger partial charge in [-0.3, -0.25) is 5.10 Å². The van der Waals surface area contributed by atoms with E-state index in [0.29, 0.717) is 32.3 Å². The smallest absolute Gasteiger partial charge is 0.244 e. The average Bonchev–Trinajstić information content (AvgIpc) is 3.08. The second-order valence-corrected chi connectivity index (χ2v) is 7.94. The number of aryl methyl sites for hydroxylation is 1. The molecule has 4 rings (SSSR count). The summed E-state index contributed by atoms with van der Waals surface area (Å²) in [5.74, 6) is 0.430. The number of hydrogen-bond acceptors (Lipinski definition) is 5. The lowest BCUT2D eigenvalue weighted by atomic mass is 9.84. The third-order valence-corrected chi connectivity index (χ3v) is 5.83. The van der Waals surface area contributed by atoms with Gasteiger partial charge < -0.3 is 15.2 Å². The summed E-state index contributed by atoms with van der Waals surface area (Å²) < 4.78 is 11.3. The van der Waals surface area contributed by atoms with Crippen molar-refractivity contribution in [3.63, 3.8) is 0 Å². The highest BCUT2D eigenvalue weighted by atomic mass is 35.5. The standard InChI is InChI=1S/C21H15Cl3N4O2/c1-10-18-19(13(8-25)20(26)30-21(18)28-27-10)12-3-5-17(16(24)7-12)29-9-11-2-4-14(22)15(23)6-11/h2-7,19H,9,26H2,1H3,(H,27,28)/t19-/m0/s1. The molecule has 2 heterocycles. The van der Waals surface area contributed by atoms with Gasteiger partial charge in [0.1, 0.15) is 24.0 Å². The Bertz CT molecular complexity index is 1210. The molecule has 0 spiro atoms. The van der Waals surface area contributed by atoms with Crippen molar-refractivity contribution in [3.8, 4) is 17.7 Å². The van der Waals surface area contributed by atoms with Gasteiger partial charge in [0, 0.05) is 11.3 Å². The molecule has 1 aliphatic heterocycles. The van der Waals surface area contributed by atoms with Crippen LogP contribution in [0.5, 0.6) is 11.6 Å². The summed E-state index contributed by atoms with van der Waals surface area (Å²) in [6.07, 6.45) is 0. The number of allylic oxidation sites excluding steroid dienone is 1. The Balaban J connectivity index is 1.63. The van der Waals surface area contributed by atoms with E-state index in [1.54, 1.807) is 24.3 Å². The number of fused-ring (bicyclic) bond motifs is 1. The number of nitriles is 1. The van der Waals surface area contributed by atoms with Crippen LogP contribution in [0, 0.1) is 18.3 Å². The molecule has 1 atom stereocenters. The number of aromatic nitrogens is 2. The molecule has 152 valence electrons. The van der Waals surface area contributed by atoms with E-state index in [4.69, 9.17) is 50.0 Å². The quantitative estimate of drug-likeness (QED) is 0.536. The summed E-state index contributed by atoms with van der Waals surface area (Å²) in [4.78, 5) is 0. The van der Waals surface area contributed by atoms with Crippen molar-refractivity contribution in [2.75, 3.05) is 0 Å². The van der Waals surface area contributed by atoms with Crippen LogP contribution in [0.3, 0.4) is 0 Å². The van der Waals surface area contributed by atoms with Crippen LogP contribution in [-0.4, -0.2) is 10.2 Å². The van der Waals surface area contributed by atoms with Gasteiger partial charge in [-0.15, -0.1) is 5.10 Å². The van der Waals surface area contributed by atoms with Crippen LogP contribution < -0.4 is 15.2 Å². The Hall–Kier alpha value is -2.85. The van der Waals surface area contributed by atoms with E-state index >= 15 is 0 Å². The van der Waals surface area contributed by atoms with Crippen LogP contribution in [0.2, 0.25) is 15.1 Å². The lowest BCUT2D eigenvalue weighted by Gasteiger charge is -2.24. The summed E-state index contributed by atoms with van der Waals surface area (Å²) in [7, 11) is 0. The largest absolute Gasteiger partial charge is 0.487 e. The lowest BCUT2D eigenvalue weighted by molar-refractivity contribution is 0.306. The van der Waals surface area contributed by atoms with Crippen LogP contribution in [0.1, 0.15) is 28.3 Å². The monoisotopic (exact) mass is 460 g/mol. The van der Waals surface area contributed by atoms with Crippen molar-refractivity contribution in [2.45, 2.75) is 19.4 Å². The zero-order valence-electron chi connectivity index (χ0n) is 15.7. The number of ether oxygens (including phenoxy) is 2. The maximum atomic E-state index is 9.65. The molecule has 3 aromatic rings. The Morgan fingerprint density at radius 2 is 1.97 bits per heavy atom. The predicted molar refractivity (Wildman–Crippen MR) is 115 cm³/mol. The first kappa shape index (κ1) is 20.4. The molecule has 1 aliphatic rings. The fourth-order valence-electron chi connectivity index (χ4n) is 3.34. The summed E-state index contributed by atoms with van der Waals surface area (Å²) in [5, 5.41) is 18.0. The van der Waals surface area contributed by atoms with E-state index in [-0.39, 0.29) is 12.5 Å². The van der Waals surface area contributed by atoms with E-state index in [9.17, 15) is 5.26 Å². The number of nitrogens with two attached hydrogens (primary N) is 1. The van der Waals surface area contributed by atoms with E-state index in [1.165, 1.54) is 0 Å². The minimum atomic E-state index is -0.445. The van der Waals surface area contributed by atoms with Gasteiger partial charge in [0.2, 0.25) is 11.8 Å². The van der Waals surface area contributed by atoms with Crippen molar-refractivity contribution >= 4 is 34.8 Å². The van der Waals surface area contributed by atoms with Crippen molar-refractivity contribution in [2.24, 2.45) is 5.73 Å². The number of aromatic amines is 1. The molecule has 0 saturated heterocycles. The topological polar surface area (TPSA) is 97.0 Å². The second-order valence-electron chi connectivity index (χ2n) is 6.72. The molecular weight excluding hydrogens is 447 g/mol. The maximum Gasteiger partial charge on any atom is 0.244 e. The first-order valence-electron chi connectivity index (χ1n) is 8.87. The zero-order valence-corrected chi connectivity index (χ0v) is 17.9. The number of rotatable bonds is 4. The minimum absolute atomic E-state index is 0.0255. The van der Waals surface area contributed by atoms with Crippen molar-refractivity contribution in [3.05, 3.63) is 85.3 Å². The molecule has 9 heteroatoms. The van der Waals surface area contributed by atoms with Gasteiger partial charge in [-0.2, -0.15) is 5.26 Å². The Morgan fingerprint density at radius 1 is 1.17 bits per heavy atom. The molecule has 0 aliphatic carbocycles. The fourth-order valence-corrected chi connectivity index (χ4v) is 3.90. The van der Waals surface area contributed by atoms with E-state index < -0.39 is 5.92 Å². The molecular formula is C21H15Cl3N4O2. The highest BCUT2D eigenvalue weighted by Gasteiger charge is 2.34. The van der Waals surface area contributed by atoms with E-state index in [0.717, 1.165) is 22.4 Å². The van der Waals surface area contributed by atoms with Crippen molar-refractivity contribution in [1.29, 1.82) is 5.26 Å². The van der Waals surface area contributed by atoms with Crippen LogP contribution in [-0.2, 0) is 6.61 Å². The number of H-pyrrole nitrogens is 1. The molecule has 6 nitrogen and oxygen atoms in total. The molecule has 0 radical (unpaired) electrons. The van der Waals surface area contributed by atoms with Gasteiger partial charge in [0.25, 0.3) is 0 Å². The van der Waals surface area contributed by atoms with Gasteiger partial charge in [-0.1, -0.05) is 46.9 Å². The number of nitrogens with zero attached hydrogens (tertiary/aromatic N) is 2. The normalized spacial score (nSPS) is 15.4. The number of benzene rings is 2. The van der Waals surface area contributed by atoms with Gasteiger partial charge in [-0.05, 0) is 42.3 Å². The Morgan fingerprint density at radius 3 is 2.67 bits per heavy atom. The molecule has 0 fully saturated rings. The average molecular weight is 462 g/mol. The highest BCUT2D eigenvalue weighted by Crippen LogP contribution is 2.44. The van der Waals surface area contributed by atoms with Gasteiger partial charge >= 0.3 is 0 Å². The number of nitrogens with one attached hydrogen (secondary N) is 1. The predicted octanol–water partition coefficient (Wildman–Crippen LogP) is 5.48. The minimum Gasteiger partial charge on any atom is -0.487 e. The molecule has 30 heavy (non-hydrogen) atoms. The first-order valence-corrected chi connectivity index (χ1v) is 10.0. The second kappa shape index (κ2) is 8.11. The third kappa shape index (κ3) is 3.68. The van der Waals surface area contributed by atoms with Crippen LogP contribution in [0.25, 0.3) is 0 Å². The molecule has 3 N–H and O–H groups in total. The maximum absolute atomic E-state index is 9.65.